The lowest BCUT2D eigenvalue weighted by atomic mass is 10.2. The number of nitro benzene ring substituents is 2. The highest BCUT2D eigenvalue weighted by Crippen LogP contribution is 2.28. The first-order valence-electron chi connectivity index (χ1n) is 5.75. The minimum absolute atomic E-state index is 0.0464. The number of rotatable bonds is 5. The van der Waals surface area contributed by atoms with Crippen LogP contribution < -0.4 is 5.43 Å². The predicted octanol–water partition coefficient (Wildman–Crippen LogP) is 2.85. The Morgan fingerprint density at radius 2 is 1.95 bits per heavy atom. The maximum Gasteiger partial charge on any atom is 0.301 e. The van der Waals surface area contributed by atoms with Crippen LogP contribution in [-0.4, -0.2) is 16.1 Å². The summed E-state index contributed by atoms with van der Waals surface area (Å²) in [5.41, 5.74) is 1.71. The van der Waals surface area contributed by atoms with Gasteiger partial charge in [-0.15, -0.1) is 0 Å². The number of hydrogen-bond donors (Lipinski definition) is 1. The van der Waals surface area contributed by atoms with Gasteiger partial charge in [-0.3, -0.25) is 25.7 Å². The third-order valence-corrected chi connectivity index (χ3v) is 2.53. The molecule has 1 heterocycles. The van der Waals surface area contributed by atoms with Gasteiger partial charge in [-0.05, 0) is 25.1 Å². The highest BCUT2D eigenvalue weighted by molar-refractivity contribution is 5.77. The van der Waals surface area contributed by atoms with E-state index in [0.29, 0.717) is 11.5 Å². The van der Waals surface area contributed by atoms with Gasteiger partial charge in [0.1, 0.15) is 17.2 Å². The van der Waals surface area contributed by atoms with Crippen LogP contribution in [0.2, 0.25) is 0 Å². The van der Waals surface area contributed by atoms with Crippen LogP contribution in [0.4, 0.5) is 17.1 Å². The molecule has 108 valence electrons. The Labute approximate surface area is 118 Å². The Morgan fingerprint density at radius 1 is 1.19 bits per heavy atom. The van der Waals surface area contributed by atoms with E-state index in [1.54, 1.807) is 19.1 Å². The number of hydrazone groups is 1. The number of furan rings is 1. The van der Waals surface area contributed by atoms with E-state index in [9.17, 15) is 20.2 Å². The molecule has 1 aromatic carbocycles. The van der Waals surface area contributed by atoms with Crippen LogP contribution in [0.15, 0.2) is 39.9 Å². The molecule has 0 amide bonds. The Balaban J connectivity index is 2.21. The molecule has 0 atom stereocenters. The Bertz CT molecular complexity index is 722. The van der Waals surface area contributed by atoms with Gasteiger partial charge in [0.15, 0.2) is 0 Å². The molecule has 0 aliphatic carbocycles. The fourth-order valence-corrected chi connectivity index (χ4v) is 1.57. The summed E-state index contributed by atoms with van der Waals surface area (Å²) in [6, 6.07) is 6.68. The molecule has 0 aliphatic rings. The quantitative estimate of drug-likeness (QED) is 0.513. The molecule has 0 aliphatic heterocycles. The van der Waals surface area contributed by atoms with E-state index in [1.165, 1.54) is 12.3 Å². The zero-order valence-corrected chi connectivity index (χ0v) is 10.8. The first-order chi connectivity index (χ1) is 9.97. The van der Waals surface area contributed by atoms with E-state index in [-0.39, 0.29) is 11.4 Å². The smallest absolute Gasteiger partial charge is 0.301 e. The normalized spacial score (nSPS) is 10.7. The van der Waals surface area contributed by atoms with Crippen LogP contribution in [0.1, 0.15) is 11.5 Å². The van der Waals surface area contributed by atoms with Crippen LogP contribution in [0.5, 0.6) is 0 Å². The fraction of sp³-hybridized carbons (Fsp3) is 0.0833. The maximum atomic E-state index is 10.9. The first-order valence-corrected chi connectivity index (χ1v) is 5.75. The molecule has 0 unspecified atom stereocenters. The molecule has 2 aromatic rings. The third-order valence-electron chi connectivity index (χ3n) is 2.53. The Hall–Kier alpha value is -3.23. The van der Waals surface area contributed by atoms with E-state index in [0.717, 1.165) is 12.1 Å². The van der Waals surface area contributed by atoms with Crippen LogP contribution in [0.3, 0.4) is 0 Å². The number of anilines is 1. The highest BCUT2D eigenvalue weighted by Gasteiger charge is 2.19. The maximum absolute atomic E-state index is 10.9. The van der Waals surface area contributed by atoms with Crippen molar-refractivity contribution in [3.63, 3.8) is 0 Å². The van der Waals surface area contributed by atoms with Gasteiger partial charge < -0.3 is 4.42 Å². The third kappa shape index (κ3) is 3.41. The largest absolute Gasteiger partial charge is 0.460 e. The van der Waals surface area contributed by atoms with Gasteiger partial charge in [0.25, 0.3) is 5.69 Å². The SMILES string of the molecule is Cc1ccc(/C=N/Nc2ccc([N+](=O)[O-])cc2[N+](=O)[O-])o1. The van der Waals surface area contributed by atoms with Crippen molar-refractivity contribution in [3.8, 4) is 0 Å². The molecule has 0 bridgehead atoms. The lowest BCUT2D eigenvalue weighted by Gasteiger charge is -2.01. The summed E-state index contributed by atoms with van der Waals surface area (Å²) < 4.78 is 5.24. The number of nitro groups is 2. The molecule has 9 nitrogen and oxygen atoms in total. The minimum atomic E-state index is -0.720. The lowest BCUT2D eigenvalue weighted by Crippen LogP contribution is -1.98. The van der Waals surface area contributed by atoms with E-state index < -0.39 is 15.5 Å². The average Bonchev–Trinajstić information content (AvgIpc) is 2.84. The number of nitrogens with zero attached hydrogens (tertiary/aromatic N) is 3. The second-order valence-electron chi connectivity index (χ2n) is 4.03. The fourth-order valence-electron chi connectivity index (χ4n) is 1.57. The monoisotopic (exact) mass is 290 g/mol. The van der Waals surface area contributed by atoms with Crippen LogP contribution in [-0.2, 0) is 0 Å². The summed E-state index contributed by atoms with van der Waals surface area (Å²) in [7, 11) is 0. The molecule has 0 spiro atoms. The second-order valence-corrected chi connectivity index (χ2v) is 4.03. The van der Waals surface area contributed by atoms with Gasteiger partial charge in [-0.25, -0.2) is 0 Å². The number of benzene rings is 1. The van der Waals surface area contributed by atoms with Crippen molar-refractivity contribution in [2.24, 2.45) is 5.10 Å². The van der Waals surface area contributed by atoms with Gasteiger partial charge in [0.2, 0.25) is 0 Å². The van der Waals surface area contributed by atoms with E-state index in [2.05, 4.69) is 10.5 Å². The summed E-state index contributed by atoms with van der Waals surface area (Å²) in [5.74, 6) is 1.18. The molecule has 0 saturated carbocycles. The molecule has 1 N–H and O–H groups in total. The van der Waals surface area contributed by atoms with Gasteiger partial charge in [0, 0.05) is 6.07 Å². The van der Waals surface area contributed by atoms with Crippen LogP contribution in [0.25, 0.3) is 0 Å². The number of hydrogen-bond acceptors (Lipinski definition) is 7. The standard InChI is InChI=1S/C12H10N4O5/c1-8-2-4-10(21-8)7-13-14-11-5-3-9(15(17)18)6-12(11)16(19)20/h2-7,14H,1H3/b13-7+. The number of non-ortho nitro benzene ring substituents is 1. The molecular weight excluding hydrogens is 280 g/mol. The summed E-state index contributed by atoms with van der Waals surface area (Å²) in [4.78, 5) is 20.1. The second kappa shape index (κ2) is 5.82. The van der Waals surface area contributed by atoms with Gasteiger partial charge in [-0.1, -0.05) is 0 Å². The van der Waals surface area contributed by atoms with Crippen molar-refractivity contribution in [2.75, 3.05) is 5.43 Å². The molecule has 9 heteroatoms. The molecular formula is C12H10N4O5. The van der Waals surface area contributed by atoms with Crippen molar-refractivity contribution in [1.82, 2.24) is 0 Å². The van der Waals surface area contributed by atoms with Crippen LogP contribution >= 0.6 is 0 Å². The van der Waals surface area contributed by atoms with Crippen molar-refractivity contribution < 1.29 is 14.3 Å². The molecule has 1 aromatic heterocycles. The van der Waals surface area contributed by atoms with E-state index in [1.807, 2.05) is 0 Å². The summed E-state index contributed by atoms with van der Waals surface area (Å²) in [6.07, 6.45) is 1.35. The molecule has 21 heavy (non-hydrogen) atoms. The zero-order valence-electron chi connectivity index (χ0n) is 10.8. The highest BCUT2D eigenvalue weighted by atomic mass is 16.6. The zero-order chi connectivity index (χ0) is 15.4. The molecule has 2 rings (SSSR count). The van der Waals surface area contributed by atoms with Crippen molar-refractivity contribution in [3.05, 3.63) is 62.1 Å². The van der Waals surface area contributed by atoms with Crippen molar-refractivity contribution in [2.45, 2.75) is 6.92 Å². The summed E-state index contributed by atoms with van der Waals surface area (Å²) in [6.45, 7) is 1.77. The van der Waals surface area contributed by atoms with Gasteiger partial charge in [-0.2, -0.15) is 5.10 Å². The molecule has 0 radical (unpaired) electrons. The van der Waals surface area contributed by atoms with Gasteiger partial charge >= 0.3 is 5.69 Å². The van der Waals surface area contributed by atoms with Crippen molar-refractivity contribution in [1.29, 1.82) is 0 Å². The number of nitrogens with one attached hydrogen (secondary N) is 1. The Kier molecular flexibility index (Phi) is 3.93. The lowest BCUT2D eigenvalue weighted by molar-refractivity contribution is -0.393. The van der Waals surface area contributed by atoms with E-state index >= 15 is 0 Å². The van der Waals surface area contributed by atoms with Crippen LogP contribution in [0, 0.1) is 27.2 Å². The molecule has 0 fully saturated rings. The topological polar surface area (TPSA) is 124 Å². The van der Waals surface area contributed by atoms with Gasteiger partial charge in [0.05, 0.1) is 22.1 Å². The van der Waals surface area contributed by atoms with E-state index in [4.69, 9.17) is 4.42 Å². The molecule has 0 saturated heterocycles. The first kappa shape index (κ1) is 14.2. The Morgan fingerprint density at radius 3 is 2.52 bits per heavy atom. The average molecular weight is 290 g/mol. The summed E-state index contributed by atoms with van der Waals surface area (Å²) >= 11 is 0. The summed E-state index contributed by atoms with van der Waals surface area (Å²) in [5, 5.41) is 25.3. The number of aryl methyl sites for hydroxylation is 1. The minimum Gasteiger partial charge on any atom is -0.460 e. The predicted molar refractivity (Wildman–Crippen MR) is 74.4 cm³/mol. The van der Waals surface area contributed by atoms with Crippen molar-refractivity contribution >= 4 is 23.3 Å².